The van der Waals surface area contributed by atoms with E-state index in [2.05, 4.69) is 240 Å². The van der Waals surface area contributed by atoms with Crippen molar-refractivity contribution in [3.05, 3.63) is 247 Å². The molecular formula is C62H42N2O. The summed E-state index contributed by atoms with van der Waals surface area (Å²) >= 11 is 0. The number of allylic oxidation sites excluding steroid dienone is 5. The molecule has 2 aliphatic carbocycles. The van der Waals surface area contributed by atoms with Crippen molar-refractivity contribution < 1.29 is 4.42 Å². The molecule has 0 radical (unpaired) electrons. The van der Waals surface area contributed by atoms with Crippen LogP contribution in [-0.2, 0) is 0 Å². The van der Waals surface area contributed by atoms with Crippen molar-refractivity contribution in [2.75, 3.05) is 4.90 Å². The smallest absolute Gasteiger partial charge is 0.143 e. The first-order valence-corrected chi connectivity index (χ1v) is 22.5. The fourth-order valence-electron chi connectivity index (χ4n) is 10.5. The average Bonchev–Trinajstić information content (AvgIpc) is 3.93. The van der Waals surface area contributed by atoms with Gasteiger partial charge in [0.05, 0.1) is 22.4 Å². The standard InChI is InChI=1S/C62H42N2O/c1-2-18-48-41(15-1)31-32-45-39-44(35-38-49(45)48)43-16-13-17-47(40-43)63(58-27-9-6-22-53(58)55-24-14-25-56-54-23-7-12-30-61(54)65-62(55)56)46-36-33-42(34-37-46)50-19-3-8-26-57(50)64-59-28-10-4-20-51(59)52-21-5-11-29-60(52)64/h1-38,40,45H,39H2. The predicted octanol–water partition coefficient (Wildman–Crippen LogP) is 17.0. The molecule has 0 saturated carbocycles. The molecule has 65 heavy (non-hydrogen) atoms. The third kappa shape index (κ3) is 6.12. The summed E-state index contributed by atoms with van der Waals surface area (Å²) in [5, 5.41) is 4.74. The van der Waals surface area contributed by atoms with E-state index in [1.165, 1.54) is 55.2 Å². The number of hydrogen-bond acceptors (Lipinski definition) is 2. The molecule has 2 aliphatic rings. The number of hydrogen-bond donors (Lipinski definition) is 0. The Labute approximate surface area is 377 Å². The zero-order valence-electron chi connectivity index (χ0n) is 35.6. The molecule has 0 amide bonds. The minimum Gasteiger partial charge on any atom is -0.455 e. The minimum absolute atomic E-state index is 0.340. The molecule has 1 atom stereocenters. The Morgan fingerprint density at radius 1 is 0.462 bits per heavy atom. The lowest BCUT2D eigenvalue weighted by Crippen LogP contribution is -2.12. The second-order valence-corrected chi connectivity index (χ2v) is 17.2. The van der Waals surface area contributed by atoms with Crippen LogP contribution in [0.4, 0.5) is 17.1 Å². The Bertz CT molecular complexity index is 3710. The molecule has 11 aromatic rings. The first-order chi connectivity index (χ1) is 32.2. The van der Waals surface area contributed by atoms with E-state index < -0.39 is 0 Å². The molecule has 3 heteroatoms. The molecule has 306 valence electrons. The first-order valence-electron chi connectivity index (χ1n) is 22.5. The lowest BCUT2D eigenvalue weighted by Gasteiger charge is -2.30. The van der Waals surface area contributed by atoms with E-state index in [-0.39, 0.29) is 0 Å². The normalized spacial score (nSPS) is 14.4. The van der Waals surface area contributed by atoms with Gasteiger partial charge in [0.2, 0.25) is 0 Å². The lowest BCUT2D eigenvalue weighted by molar-refractivity contribution is 0.670. The van der Waals surface area contributed by atoms with Gasteiger partial charge in [-0.25, -0.2) is 0 Å². The van der Waals surface area contributed by atoms with Crippen LogP contribution in [0.25, 0.3) is 88.9 Å². The highest BCUT2D eigenvalue weighted by Gasteiger charge is 2.25. The summed E-state index contributed by atoms with van der Waals surface area (Å²) in [5.74, 6) is 0.340. The van der Waals surface area contributed by atoms with Gasteiger partial charge in [-0.15, -0.1) is 0 Å². The number of rotatable bonds is 7. The van der Waals surface area contributed by atoms with E-state index in [4.69, 9.17) is 4.42 Å². The van der Waals surface area contributed by atoms with Crippen LogP contribution in [0.1, 0.15) is 23.1 Å². The van der Waals surface area contributed by atoms with E-state index in [0.717, 1.165) is 67.8 Å². The summed E-state index contributed by atoms with van der Waals surface area (Å²) in [6, 6.07) is 76.8. The third-order valence-corrected chi connectivity index (χ3v) is 13.6. The molecule has 0 fully saturated rings. The summed E-state index contributed by atoms with van der Waals surface area (Å²) in [7, 11) is 0. The van der Waals surface area contributed by atoms with Crippen molar-refractivity contribution in [3.8, 4) is 27.9 Å². The number of para-hydroxylation sites is 6. The monoisotopic (exact) mass is 830 g/mol. The summed E-state index contributed by atoms with van der Waals surface area (Å²) in [5.41, 5.74) is 19.6. The van der Waals surface area contributed by atoms with Gasteiger partial charge in [0.1, 0.15) is 11.2 Å². The highest BCUT2D eigenvalue weighted by Crippen LogP contribution is 2.47. The second-order valence-electron chi connectivity index (χ2n) is 17.2. The molecule has 13 rings (SSSR count). The topological polar surface area (TPSA) is 21.3 Å². The van der Waals surface area contributed by atoms with Crippen molar-refractivity contribution in [2.45, 2.75) is 6.42 Å². The summed E-state index contributed by atoms with van der Waals surface area (Å²) in [4.78, 5) is 2.42. The molecule has 1 unspecified atom stereocenters. The molecule has 0 aliphatic heterocycles. The van der Waals surface area contributed by atoms with Crippen LogP contribution in [0.2, 0.25) is 0 Å². The van der Waals surface area contributed by atoms with Gasteiger partial charge in [-0.05, 0) is 94.4 Å². The highest BCUT2D eigenvalue weighted by atomic mass is 16.3. The van der Waals surface area contributed by atoms with E-state index in [0.29, 0.717) is 5.92 Å². The molecule has 9 aromatic carbocycles. The third-order valence-electron chi connectivity index (χ3n) is 13.6. The number of anilines is 3. The molecule has 0 saturated heterocycles. The number of fused-ring (bicyclic) bond motifs is 9. The van der Waals surface area contributed by atoms with Gasteiger partial charge in [0.25, 0.3) is 0 Å². The van der Waals surface area contributed by atoms with Crippen LogP contribution in [-0.4, -0.2) is 4.57 Å². The average molecular weight is 831 g/mol. The molecule has 2 aromatic heterocycles. The highest BCUT2D eigenvalue weighted by molar-refractivity contribution is 6.11. The fourth-order valence-corrected chi connectivity index (χ4v) is 10.5. The number of aromatic nitrogens is 1. The second kappa shape index (κ2) is 15.1. The molecular weight excluding hydrogens is 789 g/mol. The van der Waals surface area contributed by atoms with E-state index in [9.17, 15) is 0 Å². The van der Waals surface area contributed by atoms with Crippen LogP contribution < -0.4 is 4.90 Å². The number of furan rings is 1. The Hall–Kier alpha value is -8.40. The molecule has 0 bridgehead atoms. The predicted molar refractivity (Wildman–Crippen MR) is 273 cm³/mol. The van der Waals surface area contributed by atoms with Crippen LogP contribution in [0.15, 0.2) is 235 Å². The molecule has 3 nitrogen and oxygen atoms in total. The summed E-state index contributed by atoms with van der Waals surface area (Å²) in [6.45, 7) is 0. The van der Waals surface area contributed by atoms with E-state index in [1.807, 2.05) is 6.07 Å². The Morgan fingerprint density at radius 3 is 1.94 bits per heavy atom. The van der Waals surface area contributed by atoms with Crippen LogP contribution in [0.5, 0.6) is 0 Å². The lowest BCUT2D eigenvalue weighted by atomic mass is 9.77. The molecule has 0 N–H and O–H groups in total. The van der Waals surface area contributed by atoms with Crippen LogP contribution in [0.3, 0.4) is 0 Å². The van der Waals surface area contributed by atoms with Gasteiger partial charge >= 0.3 is 0 Å². The summed E-state index contributed by atoms with van der Waals surface area (Å²) in [6.07, 6.45) is 10.3. The zero-order chi connectivity index (χ0) is 42.8. The SMILES string of the molecule is C1=CC2CC(c3cccc(N(c4ccc(-c5ccccc5-n5c6ccccc6c6ccccc65)cc4)c4ccccc4-c4cccc5c4oc4ccccc45)c3)=CC=C2c2ccccc21. The quantitative estimate of drug-likeness (QED) is 0.160. The van der Waals surface area contributed by atoms with Gasteiger partial charge < -0.3 is 13.9 Å². The minimum atomic E-state index is 0.340. The van der Waals surface area contributed by atoms with Gasteiger partial charge in [-0.2, -0.15) is 0 Å². The van der Waals surface area contributed by atoms with Crippen molar-refractivity contribution in [2.24, 2.45) is 5.92 Å². The fraction of sp³-hybridized carbons (Fsp3) is 0.0323. The number of benzene rings is 9. The van der Waals surface area contributed by atoms with Crippen molar-refractivity contribution >= 4 is 78.0 Å². The van der Waals surface area contributed by atoms with Gasteiger partial charge in [-0.1, -0.05) is 182 Å². The van der Waals surface area contributed by atoms with Gasteiger partial charge in [0.15, 0.2) is 0 Å². The number of nitrogens with zero attached hydrogens (tertiary/aromatic N) is 2. The Morgan fingerprint density at radius 2 is 1.11 bits per heavy atom. The first kappa shape index (κ1) is 37.2. The maximum absolute atomic E-state index is 6.67. The largest absolute Gasteiger partial charge is 0.455 e. The van der Waals surface area contributed by atoms with Gasteiger partial charge in [0, 0.05) is 55.5 Å². The van der Waals surface area contributed by atoms with Crippen LogP contribution in [0, 0.1) is 5.92 Å². The Kier molecular flexibility index (Phi) is 8.67. The maximum atomic E-state index is 6.67. The van der Waals surface area contributed by atoms with Crippen molar-refractivity contribution in [3.63, 3.8) is 0 Å². The Balaban J connectivity index is 0.961. The van der Waals surface area contributed by atoms with E-state index in [1.54, 1.807) is 0 Å². The van der Waals surface area contributed by atoms with Crippen molar-refractivity contribution in [1.82, 2.24) is 4.57 Å². The van der Waals surface area contributed by atoms with Crippen LogP contribution >= 0.6 is 0 Å². The van der Waals surface area contributed by atoms with Gasteiger partial charge in [-0.3, -0.25) is 0 Å². The summed E-state index contributed by atoms with van der Waals surface area (Å²) < 4.78 is 9.09. The van der Waals surface area contributed by atoms with E-state index >= 15 is 0 Å². The van der Waals surface area contributed by atoms with Crippen molar-refractivity contribution in [1.29, 1.82) is 0 Å². The zero-order valence-corrected chi connectivity index (χ0v) is 35.6. The maximum Gasteiger partial charge on any atom is 0.143 e. The molecule has 2 heterocycles. The molecule has 0 spiro atoms.